The summed E-state index contributed by atoms with van der Waals surface area (Å²) in [7, 11) is -21.6. The van der Waals surface area contributed by atoms with Crippen LogP contribution in [-0.4, -0.2) is 63.2 Å². The second-order valence-electron chi connectivity index (χ2n) is 10.6. The predicted molar refractivity (Wildman–Crippen MR) is 181 cm³/mol. The van der Waals surface area contributed by atoms with Gasteiger partial charge in [0.1, 0.15) is 0 Å². The molecule has 2 atom stereocenters. The first-order valence-electron chi connectivity index (χ1n) is 13.5. The molecular formula is C29H30O12P2S4. The minimum Gasteiger partial charge on any atom is -0.282 e. The van der Waals surface area contributed by atoms with Crippen LogP contribution in [-0.2, 0) is 40.5 Å². The summed E-state index contributed by atoms with van der Waals surface area (Å²) in [4.78, 5) is -1.50. The van der Waals surface area contributed by atoms with Gasteiger partial charge in [0, 0.05) is 0 Å². The Hall–Kier alpha value is -2.62. The van der Waals surface area contributed by atoms with Crippen LogP contribution in [0.4, 0.5) is 0 Å². The van der Waals surface area contributed by atoms with E-state index in [2.05, 4.69) is 0 Å². The van der Waals surface area contributed by atoms with Crippen LogP contribution in [0.25, 0.3) is 0 Å². The molecule has 18 heteroatoms. The largest absolute Gasteiger partial charge is 0.294 e. The SMILES string of the molecule is CC(CC(C)P(c1cccc(S(=O)(=O)O)c1)c1cccc(S(=O)(=O)O)c1)P(c1cccc(S(=O)(=O)O)c1)c1cccc(S(=O)(=O)O)c1. The van der Waals surface area contributed by atoms with Gasteiger partial charge in [-0.15, -0.1) is 0 Å². The first kappa shape index (κ1) is 37.2. The Kier molecular flexibility index (Phi) is 11.1. The van der Waals surface area contributed by atoms with Crippen molar-refractivity contribution >= 4 is 77.5 Å². The molecule has 0 amide bonds. The Balaban J connectivity index is 1.87. The smallest absolute Gasteiger partial charge is 0.282 e. The van der Waals surface area contributed by atoms with Gasteiger partial charge in [0.05, 0.1) is 19.6 Å². The van der Waals surface area contributed by atoms with Crippen LogP contribution < -0.4 is 21.2 Å². The zero-order valence-corrected chi connectivity index (χ0v) is 29.7. The molecule has 0 spiro atoms. The lowest BCUT2D eigenvalue weighted by Crippen LogP contribution is -2.27. The van der Waals surface area contributed by atoms with E-state index in [-0.39, 0.29) is 30.9 Å². The third-order valence-corrected chi connectivity index (χ3v) is 16.1. The molecule has 0 heterocycles. The molecule has 0 aliphatic rings. The molecule has 4 N–H and O–H groups in total. The van der Waals surface area contributed by atoms with E-state index in [9.17, 15) is 51.9 Å². The lowest BCUT2D eigenvalue weighted by Gasteiger charge is -2.32. The number of benzene rings is 4. The summed E-state index contributed by atoms with van der Waals surface area (Å²) in [6.45, 7) is 3.69. The molecule has 252 valence electrons. The lowest BCUT2D eigenvalue weighted by atomic mass is 10.3. The van der Waals surface area contributed by atoms with Crippen molar-refractivity contribution in [3.05, 3.63) is 97.1 Å². The van der Waals surface area contributed by atoms with Crippen LogP contribution in [0, 0.1) is 0 Å². The summed E-state index contributed by atoms with van der Waals surface area (Å²) in [6, 6.07) is 22.3. The fourth-order valence-corrected chi connectivity index (χ4v) is 13.6. The predicted octanol–water partition coefficient (Wildman–Crippen LogP) is 3.41. The van der Waals surface area contributed by atoms with E-state index >= 15 is 0 Å². The summed E-state index contributed by atoms with van der Waals surface area (Å²) in [5.41, 5.74) is -0.736. The summed E-state index contributed by atoms with van der Waals surface area (Å²) >= 11 is 0. The molecule has 0 fully saturated rings. The highest BCUT2D eigenvalue weighted by molar-refractivity contribution is 7.86. The highest BCUT2D eigenvalue weighted by Gasteiger charge is 2.30. The minimum absolute atomic E-state index is 0.329. The topological polar surface area (TPSA) is 217 Å². The second kappa shape index (κ2) is 14.1. The number of rotatable bonds is 12. The molecule has 12 nitrogen and oxygen atoms in total. The first-order chi connectivity index (χ1) is 21.7. The van der Waals surface area contributed by atoms with Crippen molar-refractivity contribution in [1.29, 1.82) is 0 Å². The molecule has 47 heavy (non-hydrogen) atoms. The number of hydrogen-bond acceptors (Lipinski definition) is 8. The highest BCUT2D eigenvalue weighted by Crippen LogP contribution is 2.48. The Morgan fingerprint density at radius 1 is 0.447 bits per heavy atom. The zero-order chi connectivity index (χ0) is 34.9. The van der Waals surface area contributed by atoms with Crippen molar-refractivity contribution in [3.63, 3.8) is 0 Å². The minimum atomic E-state index is -4.60. The standard InChI is InChI=1S/C29H30O12P2S4/c1-20(42(22-7-3-11-26(16-22)44(30,31)32)23-8-4-12-27(17-23)45(33,34)35)15-21(2)43(24-9-5-13-28(18-24)46(36,37)38)25-10-6-14-29(19-25)47(39,40)41/h3-14,16-21H,15H2,1-2H3,(H,30,31,32)(H,33,34,35)(H,36,37,38)(H,39,40,41). The van der Waals surface area contributed by atoms with Crippen LogP contribution in [0.1, 0.15) is 20.3 Å². The third-order valence-electron chi connectivity index (χ3n) is 7.14. The van der Waals surface area contributed by atoms with Gasteiger partial charge in [-0.2, -0.15) is 33.7 Å². The lowest BCUT2D eigenvalue weighted by molar-refractivity contribution is 0.481. The Bertz CT molecular complexity index is 1930. The summed E-state index contributed by atoms with van der Waals surface area (Å²) < 4.78 is 135. The van der Waals surface area contributed by atoms with Crippen LogP contribution >= 0.6 is 15.8 Å². The fraction of sp³-hybridized carbons (Fsp3) is 0.172. The molecule has 0 saturated carbocycles. The van der Waals surface area contributed by atoms with Gasteiger partial charge in [-0.1, -0.05) is 62.4 Å². The quantitative estimate of drug-likeness (QED) is 0.121. The Labute approximate surface area is 276 Å². The summed E-state index contributed by atoms with van der Waals surface area (Å²) in [6.07, 6.45) is 0.329. The van der Waals surface area contributed by atoms with E-state index < -0.39 is 56.3 Å². The van der Waals surface area contributed by atoms with Crippen molar-refractivity contribution in [2.24, 2.45) is 0 Å². The van der Waals surface area contributed by atoms with Gasteiger partial charge in [0.2, 0.25) is 0 Å². The van der Waals surface area contributed by atoms with Gasteiger partial charge < -0.3 is 0 Å². The maximum absolute atomic E-state index is 12.0. The molecule has 0 aliphatic carbocycles. The normalized spacial score (nSPS) is 14.3. The van der Waals surface area contributed by atoms with Gasteiger partial charge in [-0.25, -0.2) is 0 Å². The van der Waals surface area contributed by atoms with Gasteiger partial charge in [0.25, 0.3) is 40.5 Å². The summed E-state index contributed by atoms with van der Waals surface area (Å²) in [5.74, 6) is 0. The van der Waals surface area contributed by atoms with Crippen LogP contribution in [0.15, 0.2) is 117 Å². The molecular weight excluding hydrogens is 731 g/mol. The molecule has 0 saturated heterocycles. The van der Waals surface area contributed by atoms with E-state index in [1.807, 2.05) is 13.8 Å². The zero-order valence-electron chi connectivity index (χ0n) is 24.7. The average molecular weight is 761 g/mol. The maximum atomic E-state index is 12.0. The average Bonchev–Trinajstić information content (AvgIpc) is 2.96. The van der Waals surface area contributed by atoms with E-state index in [4.69, 9.17) is 0 Å². The second-order valence-corrected chi connectivity index (χ2v) is 21.6. The van der Waals surface area contributed by atoms with E-state index in [1.165, 1.54) is 72.8 Å². The molecule has 4 aromatic carbocycles. The molecule has 4 aromatic rings. The molecule has 0 aliphatic heterocycles. The van der Waals surface area contributed by atoms with Crippen molar-refractivity contribution < 1.29 is 51.9 Å². The van der Waals surface area contributed by atoms with Crippen LogP contribution in [0.2, 0.25) is 0 Å². The maximum Gasteiger partial charge on any atom is 0.294 e. The van der Waals surface area contributed by atoms with Gasteiger partial charge in [0.15, 0.2) is 0 Å². The van der Waals surface area contributed by atoms with E-state index in [0.29, 0.717) is 27.6 Å². The molecule has 4 rings (SSSR count). The Morgan fingerprint density at radius 2 is 0.660 bits per heavy atom. The monoisotopic (exact) mass is 760 g/mol. The summed E-state index contributed by atoms with van der Waals surface area (Å²) in [5, 5.41) is 1.86. The number of hydrogen-bond donors (Lipinski definition) is 4. The Morgan fingerprint density at radius 3 is 0.851 bits per heavy atom. The van der Waals surface area contributed by atoms with Gasteiger partial charge in [-0.05, 0) is 103 Å². The fourth-order valence-electron chi connectivity index (χ4n) is 5.20. The first-order valence-corrected chi connectivity index (χ1v) is 22.1. The molecule has 2 unspecified atom stereocenters. The van der Waals surface area contributed by atoms with Gasteiger partial charge >= 0.3 is 0 Å². The van der Waals surface area contributed by atoms with Crippen LogP contribution in [0.5, 0.6) is 0 Å². The van der Waals surface area contributed by atoms with Gasteiger partial charge in [-0.3, -0.25) is 18.2 Å². The molecule has 0 bridgehead atoms. The molecule has 0 aromatic heterocycles. The highest BCUT2D eigenvalue weighted by atomic mass is 32.2. The van der Waals surface area contributed by atoms with Crippen molar-refractivity contribution in [2.75, 3.05) is 0 Å². The van der Waals surface area contributed by atoms with Crippen molar-refractivity contribution in [3.8, 4) is 0 Å². The molecule has 0 radical (unpaired) electrons. The third kappa shape index (κ3) is 9.30. The van der Waals surface area contributed by atoms with E-state index in [1.54, 1.807) is 24.3 Å². The van der Waals surface area contributed by atoms with E-state index in [0.717, 1.165) is 0 Å². The van der Waals surface area contributed by atoms with Crippen molar-refractivity contribution in [2.45, 2.75) is 51.2 Å². The van der Waals surface area contributed by atoms with Crippen molar-refractivity contribution in [1.82, 2.24) is 0 Å². The van der Waals surface area contributed by atoms with Crippen LogP contribution in [0.3, 0.4) is 0 Å².